The molecule has 3 aliphatic heterocycles. The van der Waals surface area contributed by atoms with Crippen molar-refractivity contribution >= 4 is 22.4 Å². The van der Waals surface area contributed by atoms with Crippen LogP contribution >= 0.6 is 11.3 Å². The third-order valence-corrected chi connectivity index (χ3v) is 7.85. The standard InChI is InChI=1S/C22H26N4O2S/c27-20(22(9-10-22)28-17-4-2-1-3-5-17)25-11-8-18-19(14-25)29-21(24-18)26-15-6-7-16(26)13-23-12-15/h1-5,15-16,23H,6-14H2. The molecule has 2 atom stereocenters. The quantitative estimate of drug-likeness (QED) is 0.840. The lowest BCUT2D eigenvalue weighted by molar-refractivity contribution is -0.141. The van der Waals surface area contributed by atoms with E-state index in [2.05, 4.69) is 10.2 Å². The normalized spacial score (nSPS) is 26.9. The van der Waals surface area contributed by atoms with Gasteiger partial charge in [0.25, 0.3) is 5.91 Å². The van der Waals surface area contributed by atoms with Crippen LogP contribution in [0.2, 0.25) is 0 Å². The summed E-state index contributed by atoms with van der Waals surface area (Å²) in [5, 5.41) is 4.71. The molecule has 2 aromatic rings. The van der Waals surface area contributed by atoms with Gasteiger partial charge in [0.2, 0.25) is 0 Å². The van der Waals surface area contributed by atoms with Crippen molar-refractivity contribution in [3.63, 3.8) is 0 Å². The maximum absolute atomic E-state index is 13.3. The van der Waals surface area contributed by atoms with Crippen molar-refractivity contribution in [2.24, 2.45) is 0 Å². The number of anilines is 1. The number of carbonyl (C=O) groups excluding carboxylic acids is 1. The highest BCUT2D eigenvalue weighted by Crippen LogP contribution is 2.44. The Balaban J connectivity index is 1.19. The maximum Gasteiger partial charge on any atom is 0.267 e. The van der Waals surface area contributed by atoms with Crippen LogP contribution in [0.15, 0.2) is 30.3 Å². The molecule has 6 nitrogen and oxygen atoms in total. The maximum atomic E-state index is 13.3. The fraction of sp³-hybridized carbons (Fsp3) is 0.545. The number of aromatic nitrogens is 1. The summed E-state index contributed by atoms with van der Waals surface area (Å²) >= 11 is 1.80. The first-order valence-corrected chi connectivity index (χ1v) is 11.5. The molecule has 6 rings (SSSR count). The minimum absolute atomic E-state index is 0.143. The van der Waals surface area contributed by atoms with Crippen LogP contribution in [0, 0.1) is 0 Å². The Morgan fingerprint density at radius 2 is 1.93 bits per heavy atom. The number of thiazole rings is 1. The van der Waals surface area contributed by atoms with E-state index in [1.165, 1.54) is 28.5 Å². The van der Waals surface area contributed by atoms with Crippen molar-refractivity contribution in [3.8, 4) is 5.75 Å². The zero-order valence-corrected chi connectivity index (χ0v) is 17.3. The van der Waals surface area contributed by atoms with Crippen molar-refractivity contribution in [1.29, 1.82) is 0 Å². The van der Waals surface area contributed by atoms with E-state index in [-0.39, 0.29) is 5.91 Å². The van der Waals surface area contributed by atoms with Crippen LogP contribution in [0.25, 0.3) is 0 Å². The van der Waals surface area contributed by atoms with Gasteiger partial charge in [-0.2, -0.15) is 0 Å². The number of amides is 1. The molecule has 1 amide bonds. The molecule has 1 N–H and O–H groups in total. The average Bonchev–Trinajstić information content (AvgIpc) is 3.33. The van der Waals surface area contributed by atoms with Crippen molar-refractivity contribution in [2.45, 2.75) is 56.3 Å². The summed E-state index contributed by atoms with van der Waals surface area (Å²) < 4.78 is 6.13. The number of hydrogen-bond donors (Lipinski definition) is 1. The summed E-state index contributed by atoms with van der Waals surface area (Å²) in [6.07, 6.45) is 4.97. The molecule has 2 unspecified atom stereocenters. The Morgan fingerprint density at radius 1 is 1.17 bits per heavy atom. The van der Waals surface area contributed by atoms with E-state index in [9.17, 15) is 4.79 Å². The van der Waals surface area contributed by atoms with Crippen molar-refractivity contribution in [1.82, 2.24) is 15.2 Å². The summed E-state index contributed by atoms with van der Waals surface area (Å²) in [7, 11) is 0. The molecule has 1 aromatic heterocycles. The monoisotopic (exact) mass is 410 g/mol. The molecule has 4 aliphatic rings. The number of fused-ring (bicyclic) bond motifs is 3. The van der Waals surface area contributed by atoms with Crippen LogP contribution in [0.4, 0.5) is 5.13 Å². The predicted molar refractivity (Wildman–Crippen MR) is 112 cm³/mol. The minimum atomic E-state index is -0.649. The molecule has 29 heavy (non-hydrogen) atoms. The van der Waals surface area contributed by atoms with Crippen LogP contribution in [0.5, 0.6) is 5.75 Å². The molecule has 3 fully saturated rings. The van der Waals surface area contributed by atoms with Crippen LogP contribution in [-0.4, -0.2) is 53.1 Å². The third kappa shape index (κ3) is 3.02. The molecule has 1 aliphatic carbocycles. The lowest BCUT2D eigenvalue weighted by atomic mass is 10.1. The number of nitrogens with zero attached hydrogens (tertiary/aromatic N) is 3. The number of nitrogens with one attached hydrogen (secondary N) is 1. The second-order valence-electron chi connectivity index (χ2n) is 8.70. The van der Waals surface area contributed by atoms with E-state index in [4.69, 9.17) is 9.72 Å². The average molecular weight is 411 g/mol. The van der Waals surface area contributed by atoms with E-state index in [0.717, 1.165) is 44.6 Å². The number of hydrogen-bond acceptors (Lipinski definition) is 6. The van der Waals surface area contributed by atoms with Gasteiger partial charge in [-0.25, -0.2) is 4.98 Å². The second-order valence-corrected chi connectivity index (χ2v) is 9.77. The molecular weight excluding hydrogens is 384 g/mol. The number of rotatable bonds is 4. The van der Waals surface area contributed by atoms with Gasteiger partial charge < -0.3 is 19.9 Å². The molecular formula is C22H26N4O2S. The zero-order chi connectivity index (χ0) is 19.4. The van der Waals surface area contributed by atoms with Gasteiger partial charge in [0.15, 0.2) is 10.7 Å². The highest BCUT2D eigenvalue weighted by atomic mass is 32.1. The Labute approximate surface area is 174 Å². The Kier molecular flexibility index (Phi) is 4.10. The van der Waals surface area contributed by atoms with Gasteiger partial charge in [0, 0.05) is 55.9 Å². The Bertz CT molecular complexity index is 910. The molecule has 1 aromatic carbocycles. The molecule has 152 valence electrons. The zero-order valence-electron chi connectivity index (χ0n) is 16.5. The number of carbonyl (C=O) groups is 1. The van der Waals surface area contributed by atoms with E-state index >= 15 is 0 Å². The fourth-order valence-electron chi connectivity index (χ4n) is 5.03. The van der Waals surface area contributed by atoms with Gasteiger partial charge in [-0.1, -0.05) is 29.5 Å². The van der Waals surface area contributed by atoms with Crippen molar-refractivity contribution < 1.29 is 9.53 Å². The van der Waals surface area contributed by atoms with E-state index in [1.807, 2.05) is 35.2 Å². The van der Waals surface area contributed by atoms with Crippen molar-refractivity contribution in [2.75, 3.05) is 24.5 Å². The number of benzene rings is 1. The van der Waals surface area contributed by atoms with E-state index in [0.29, 0.717) is 18.6 Å². The molecule has 4 heterocycles. The minimum Gasteiger partial charge on any atom is -0.477 e. The van der Waals surface area contributed by atoms with Crippen molar-refractivity contribution in [3.05, 3.63) is 40.9 Å². The molecule has 2 saturated heterocycles. The molecule has 0 radical (unpaired) electrons. The summed E-state index contributed by atoms with van der Waals surface area (Å²) in [4.78, 5) is 24.1. The third-order valence-electron chi connectivity index (χ3n) is 6.76. The number of para-hydroxylation sites is 1. The Hall–Kier alpha value is -2.12. The first-order valence-electron chi connectivity index (χ1n) is 10.7. The smallest absolute Gasteiger partial charge is 0.267 e. The largest absolute Gasteiger partial charge is 0.477 e. The van der Waals surface area contributed by atoms with Gasteiger partial charge in [-0.3, -0.25) is 4.79 Å². The van der Waals surface area contributed by atoms with Gasteiger partial charge in [-0.15, -0.1) is 0 Å². The highest BCUT2D eigenvalue weighted by molar-refractivity contribution is 7.15. The molecule has 7 heteroatoms. The second kappa shape index (κ2) is 6.71. The molecule has 0 spiro atoms. The first kappa shape index (κ1) is 17.7. The summed E-state index contributed by atoms with van der Waals surface area (Å²) in [6, 6.07) is 10.9. The molecule has 2 bridgehead atoms. The van der Waals surface area contributed by atoms with Gasteiger partial charge in [0.05, 0.1) is 12.2 Å². The Morgan fingerprint density at radius 3 is 2.66 bits per heavy atom. The van der Waals surface area contributed by atoms with E-state index < -0.39 is 5.60 Å². The van der Waals surface area contributed by atoms with Crippen LogP contribution in [0.1, 0.15) is 36.3 Å². The van der Waals surface area contributed by atoms with E-state index in [1.54, 1.807) is 11.3 Å². The van der Waals surface area contributed by atoms with Gasteiger partial charge in [0.1, 0.15) is 5.75 Å². The molecule has 1 saturated carbocycles. The summed E-state index contributed by atoms with van der Waals surface area (Å²) in [5.41, 5.74) is 0.546. The highest BCUT2D eigenvalue weighted by Gasteiger charge is 2.55. The van der Waals surface area contributed by atoms with Gasteiger partial charge in [-0.05, 0) is 25.0 Å². The van der Waals surface area contributed by atoms with Crippen LogP contribution in [-0.2, 0) is 17.8 Å². The topological polar surface area (TPSA) is 57.7 Å². The summed E-state index contributed by atoms with van der Waals surface area (Å²) in [5.74, 6) is 0.925. The summed E-state index contributed by atoms with van der Waals surface area (Å²) in [6.45, 7) is 3.53. The lowest BCUT2D eigenvalue weighted by Gasteiger charge is -2.35. The SMILES string of the molecule is O=C(N1CCc2nc(N3C4CCC3CNC4)sc2C1)C1(Oc2ccccc2)CC1. The number of piperazine rings is 1. The predicted octanol–water partition coefficient (Wildman–Crippen LogP) is 2.58. The van der Waals surface area contributed by atoms with Crippen LogP contribution in [0.3, 0.4) is 0 Å². The first-order chi connectivity index (χ1) is 14.2. The fourth-order valence-corrected chi connectivity index (χ4v) is 6.30. The van der Waals surface area contributed by atoms with Crippen LogP contribution < -0.4 is 15.0 Å². The number of ether oxygens (including phenoxy) is 1. The lowest BCUT2D eigenvalue weighted by Crippen LogP contribution is -2.51. The van der Waals surface area contributed by atoms with Gasteiger partial charge >= 0.3 is 0 Å².